The number of rotatable bonds is 2. The van der Waals surface area contributed by atoms with Gasteiger partial charge in [0.15, 0.2) is 0 Å². The van der Waals surface area contributed by atoms with E-state index >= 15 is 0 Å². The molecule has 1 heterocycles. The molecule has 1 aromatic heterocycles. The fraction of sp³-hybridized carbons (Fsp3) is 0.286. The van der Waals surface area contributed by atoms with Crippen LogP contribution in [0.4, 0.5) is 13.2 Å². The molecule has 0 aliphatic heterocycles. The van der Waals surface area contributed by atoms with E-state index in [1.807, 2.05) is 0 Å². The molecular formula is C7H4Br2F3NO. The summed E-state index contributed by atoms with van der Waals surface area (Å²) in [5.74, 6) is -0.283. The highest BCUT2D eigenvalue weighted by molar-refractivity contribution is 9.10. The molecule has 0 radical (unpaired) electrons. The second-order valence-electron chi connectivity index (χ2n) is 2.30. The molecule has 0 atom stereocenters. The van der Waals surface area contributed by atoms with Gasteiger partial charge < -0.3 is 4.74 Å². The zero-order valence-electron chi connectivity index (χ0n) is 6.61. The molecule has 0 saturated carbocycles. The van der Waals surface area contributed by atoms with Crippen LogP contribution in [0, 0.1) is 0 Å². The molecule has 0 N–H and O–H groups in total. The first kappa shape index (κ1) is 11.8. The second kappa shape index (κ2) is 4.48. The highest BCUT2D eigenvalue weighted by Crippen LogP contribution is 2.25. The summed E-state index contributed by atoms with van der Waals surface area (Å²) < 4.78 is 39.6. The van der Waals surface area contributed by atoms with Gasteiger partial charge in [0, 0.05) is 17.5 Å². The Kier molecular flexibility index (Phi) is 3.77. The van der Waals surface area contributed by atoms with Crippen molar-refractivity contribution >= 4 is 31.9 Å². The third-order valence-electron chi connectivity index (χ3n) is 1.19. The number of nitrogens with zero attached hydrogens (tertiary/aromatic N) is 1. The van der Waals surface area contributed by atoms with Crippen LogP contribution < -0.4 is 4.74 Å². The Labute approximate surface area is 94.7 Å². The van der Waals surface area contributed by atoms with E-state index in [0.717, 1.165) is 6.07 Å². The molecule has 78 valence electrons. The largest absolute Gasteiger partial charge is 0.573 e. The maximum absolute atomic E-state index is 11.8. The van der Waals surface area contributed by atoms with E-state index in [9.17, 15) is 13.2 Å². The van der Waals surface area contributed by atoms with Crippen molar-refractivity contribution in [3.63, 3.8) is 0 Å². The molecule has 1 rings (SSSR count). The summed E-state index contributed by atoms with van der Waals surface area (Å²) in [6.07, 6.45) is -4.68. The SMILES string of the molecule is FC(F)(F)Oc1cc(Br)nc(CBr)c1. The predicted molar refractivity (Wildman–Crippen MR) is 51.3 cm³/mol. The zero-order valence-corrected chi connectivity index (χ0v) is 9.78. The van der Waals surface area contributed by atoms with Gasteiger partial charge in [0.1, 0.15) is 10.4 Å². The summed E-state index contributed by atoms with van der Waals surface area (Å²) in [5.41, 5.74) is 0.457. The first-order valence-corrected chi connectivity index (χ1v) is 5.30. The number of hydrogen-bond donors (Lipinski definition) is 0. The Morgan fingerprint density at radius 3 is 2.50 bits per heavy atom. The lowest BCUT2D eigenvalue weighted by Gasteiger charge is -2.09. The van der Waals surface area contributed by atoms with Gasteiger partial charge in [-0.2, -0.15) is 0 Å². The van der Waals surface area contributed by atoms with E-state index in [2.05, 4.69) is 41.6 Å². The minimum atomic E-state index is -4.68. The number of ether oxygens (including phenoxy) is 1. The van der Waals surface area contributed by atoms with Gasteiger partial charge in [-0.1, -0.05) is 15.9 Å². The molecule has 14 heavy (non-hydrogen) atoms. The molecule has 0 aliphatic rings. The monoisotopic (exact) mass is 333 g/mol. The molecule has 0 saturated heterocycles. The van der Waals surface area contributed by atoms with Gasteiger partial charge in [-0.05, 0) is 15.9 Å². The van der Waals surface area contributed by atoms with Crippen molar-refractivity contribution in [1.29, 1.82) is 0 Å². The van der Waals surface area contributed by atoms with Crippen LogP contribution in [0.3, 0.4) is 0 Å². The maximum Gasteiger partial charge on any atom is 0.573 e. The van der Waals surface area contributed by atoms with Crippen molar-refractivity contribution in [2.75, 3.05) is 0 Å². The molecule has 0 amide bonds. The van der Waals surface area contributed by atoms with Crippen LogP contribution in [0.1, 0.15) is 5.69 Å². The van der Waals surface area contributed by atoms with Crippen molar-refractivity contribution in [1.82, 2.24) is 4.98 Å². The molecule has 0 spiro atoms. The summed E-state index contributed by atoms with van der Waals surface area (Å²) in [6, 6.07) is 2.37. The Morgan fingerprint density at radius 1 is 1.36 bits per heavy atom. The van der Waals surface area contributed by atoms with E-state index in [1.165, 1.54) is 6.07 Å². The Balaban J connectivity index is 2.92. The molecule has 0 bridgehead atoms. The summed E-state index contributed by atoms with van der Waals surface area (Å²) in [7, 11) is 0. The molecule has 0 aliphatic carbocycles. The fourth-order valence-corrected chi connectivity index (χ4v) is 1.53. The summed E-state index contributed by atoms with van der Waals surface area (Å²) in [4.78, 5) is 3.90. The first-order valence-electron chi connectivity index (χ1n) is 3.39. The lowest BCUT2D eigenvalue weighted by atomic mass is 10.4. The first-order chi connectivity index (χ1) is 6.40. The lowest BCUT2D eigenvalue weighted by molar-refractivity contribution is -0.274. The van der Waals surface area contributed by atoms with E-state index in [-0.39, 0.29) is 5.75 Å². The van der Waals surface area contributed by atoms with Crippen molar-refractivity contribution in [3.8, 4) is 5.75 Å². The van der Waals surface area contributed by atoms with Crippen molar-refractivity contribution in [3.05, 3.63) is 22.4 Å². The van der Waals surface area contributed by atoms with E-state index in [4.69, 9.17) is 0 Å². The second-order valence-corrected chi connectivity index (χ2v) is 3.67. The minimum Gasteiger partial charge on any atom is -0.406 e. The van der Waals surface area contributed by atoms with Crippen LogP contribution in [0.5, 0.6) is 5.75 Å². The summed E-state index contributed by atoms with van der Waals surface area (Å²) in [5, 5.41) is 0.362. The lowest BCUT2D eigenvalue weighted by Crippen LogP contribution is -2.17. The maximum atomic E-state index is 11.8. The molecular weight excluding hydrogens is 331 g/mol. The molecule has 2 nitrogen and oxygen atoms in total. The van der Waals surface area contributed by atoms with Gasteiger partial charge in [-0.3, -0.25) is 0 Å². The van der Waals surface area contributed by atoms with E-state index < -0.39 is 6.36 Å². The standard InChI is InChI=1S/C7H4Br2F3NO/c8-3-4-1-5(2-6(9)13-4)14-7(10,11)12/h1-2H,3H2. The van der Waals surface area contributed by atoms with Gasteiger partial charge in [0.25, 0.3) is 0 Å². The van der Waals surface area contributed by atoms with Crippen molar-refractivity contribution in [2.45, 2.75) is 11.7 Å². The average Bonchev–Trinajstić information content (AvgIpc) is 1.99. The average molecular weight is 335 g/mol. The third kappa shape index (κ3) is 3.83. The van der Waals surface area contributed by atoms with Crippen LogP contribution in [-0.4, -0.2) is 11.3 Å². The van der Waals surface area contributed by atoms with Crippen LogP contribution >= 0.6 is 31.9 Å². The smallest absolute Gasteiger partial charge is 0.406 e. The van der Waals surface area contributed by atoms with Crippen LogP contribution in [0.2, 0.25) is 0 Å². The van der Waals surface area contributed by atoms with Gasteiger partial charge in [0.2, 0.25) is 0 Å². The number of aromatic nitrogens is 1. The van der Waals surface area contributed by atoms with Crippen LogP contribution in [0.25, 0.3) is 0 Å². The summed E-state index contributed by atoms with van der Waals surface area (Å²) in [6.45, 7) is 0. The van der Waals surface area contributed by atoms with Crippen LogP contribution in [-0.2, 0) is 5.33 Å². The molecule has 0 fully saturated rings. The number of pyridine rings is 1. The minimum absolute atomic E-state index is 0.283. The van der Waals surface area contributed by atoms with E-state index in [0.29, 0.717) is 15.6 Å². The highest BCUT2D eigenvalue weighted by Gasteiger charge is 2.31. The summed E-state index contributed by atoms with van der Waals surface area (Å²) >= 11 is 6.07. The highest BCUT2D eigenvalue weighted by atomic mass is 79.9. The van der Waals surface area contributed by atoms with Crippen molar-refractivity contribution < 1.29 is 17.9 Å². The molecule has 7 heteroatoms. The Morgan fingerprint density at radius 2 is 2.00 bits per heavy atom. The Bertz CT molecular complexity index is 329. The molecule has 0 aromatic carbocycles. The quantitative estimate of drug-likeness (QED) is 0.608. The third-order valence-corrected chi connectivity index (χ3v) is 2.17. The van der Waals surface area contributed by atoms with Gasteiger partial charge in [-0.15, -0.1) is 13.2 Å². The van der Waals surface area contributed by atoms with E-state index in [1.54, 1.807) is 0 Å². The van der Waals surface area contributed by atoms with Gasteiger partial charge >= 0.3 is 6.36 Å². The zero-order chi connectivity index (χ0) is 10.8. The predicted octanol–water partition coefficient (Wildman–Crippen LogP) is 3.64. The molecule has 1 aromatic rings. The normalized spacial score (nSPS) is 11.5. The number of hydrogen-bond acceptors (Lipinski definition) is 2. The Hall–Kier alpha value is -0.300. The topological polar surface area (TPSA) is 22.1 Å². The van der Waals surface area contributed by atoms with Gasteiger partial charge in [-0.25, -0.2) is 4.98 Å². The number of alkyl halides is 4. The number of halogens is 5. The molecule has 0 unspecified atom stereocenters. The van der Waals surface area contributed by atoms with Gasteiger partial charge in [0.05, 0.1) is 5.69 Å². The van der Waals surface area contributed by atoms with Crippen molar-refractivity contribution in [2.24, 2.45) is 0 Å². The fourth-order valence-electron chi connectivity index (χ4n) is 0.786. The van der Waals surface area contributed by atoms with Crippen LogP contribution in [0.15, 0.2) is 16.7 Å².